The van der Waals surface area contributed by atoms with Gasteiger partial charge >= 0.3 is 0 Å². The lowest BCUT2D eigenvalue weighted by molar-refractivity contribution is -0.105. The molecule has 7 heteroatoms. The number of hydrogen-bond acceptors (Lipinski definition) is 5. The molecule has 0 bridgehead atoms. The summed E-state index contributed by atoms with van der Waals surface area (Å²) in [5.74, 6) is 1.64. The van der Waals surface area contributed by atoms with Crippen molar-refractivity contribution >= 4 is 12.2 Å². The molecule has 1 amide bonds. The number of nitrogens with one attached hydrogen (secondary N) is 2. The van der Waals surface area contributed by atoms with E-state index in [1.54, 1.807) is 30.7 Å². The molecule has 0 saturated heterocycles. The number of aromatic amines is 1. The van der Waals surface area contributed by atoms with E-state index in [0.717, 1.165) is 11.1 Å². The van der Waals surface area contributed by atoms with Crippen molar-refractivity contribution in [2.24, 2.45) is 0 Å². The Morgan fingerprint density at radius 2 is 1.90 bits per heavy atom. The van der Waals surface area contributed by atoms with Crippen LogP contribution in [0.15, 0.2) is 42.9 Å². The number of amides is 1. The van der Waals surface area contributed by atoms with Gasteiger partial charge in [-0.15, -0.1) is 0 Å². The van der Waals surface area contributed by atoms with Crippen LogP contribution >= 0.6 is 0 Å². The molecule has 3 heterocycles. The van der Waals surface area contributed by atoms with Gasteiger partial charge in [-0.05, 0) is 24.3 Å². The highest BCUT2D eigenvalue weighted by Crippen LogP contribution is 2.20. The van der Waals surface area contributed by atoms with Crippen LogP contribution in [0.4, 0.5) is 5.82 Å². The molecule has 7 nitrogen and oxygen atoms in total. The summed E-state index contributed by atoms with van der Waals surface area (Å²) >= 11 is 0. The summed E-state index contributed by atoms with van der Waals surface area (Å²) < 4.78 is 0. The lowest BCUT2D eigenvalue weighted by Crippen LogP contribution is -1.96. The Morgan fingerprint density at radius 3 is 2.70 bits per heavy atom. The lowest BCUT2D eigenvalue weighted by atomic mass is 10.2. The van der Waals surface area contributed by atoms with Crippen molar-refractivity contribution in [2.45, 2.75) is 0 Å². The standard InChI is InChI=1S/C13H10N6O/c20-8-16-11-7-10(3-6-15-11)13-17-12(18-19-13)9-1-4-14-5-2-9/h1-8H,(H,15,16,20)(H,17,18,19). The van der Waals surface area contributed by atoms with Crippen LogP contribution in [0.25, 0.3) is 22.8 Å². The predicted molar refractivity (Wildman–Crippen MR) is 72.5 cm³/mol. The number of H-pyrrole nitrogens is 1. The maximum atomic E-state index is 10.4. The first-order valence-corrected chi connectivity index (χ1v) is 5.86. The molecule has 0 spiro atoms. The minimum atomic E-state index is 0.452. The fourth-order valence-electron chi connectivity index (χ4n) is 1.74. The first kappa shape index (κ1) is 12.0. The van der Waals surface area contributed by atoms with Crippen LogP contribution in [0.5, 0.6) is 0 Å². The highest BCUT2D eigenvalue weighted by molar-refractivity contribution is 5.72. The minimum absolute atomic E-state index is 0.452. The molecular weight excluding hydrogens is 256 g/mol. The van der Waals surface area contributed by atoms with Crippen LogP contribution in [0.1, 0.15) is 0 Å². The van der Waals surface area contributed by atoms with Crippen LogP contribution < -0.4 is 5.32 Å². The van der Waals surface area contributed by atoms with Crippen molar-refractivity contribution < 1.29 is 4.79 Å². The molecule has 0 fully saturated rings. The second kappa shape index (κ2) is 5.27. The van der Waals surface area contributed by atoms with Crippen molar-refractivity contribution in [1.82, 2.24) is 25.1 Å². The summed E-state index contributed by atoms with van der Waals surface area (Å²) in [5.41, 5.74) is 1.67. The second-order valence-corrected chi connectivity index (χ2v) is 3.94. The zero-order valence-electron chi connectivity index (χ0n) is 10.3. The van der Waals surface area contributed by atoms with E-state index in [1.165, 1.54) is 0 Å². The third kappa shape index (κ3) is 2.37. The van der Waals surface area contributed by atoms with E-state index in [9.17, 15) is 4.79 Å². The number of pyridine rings is 2. The lowest BCUT2D eigenvalue weighted by Gasteiger charge is -1.99. The molecule has 0 aliphatic carbocycles. The van der Waals surface area contributed by atoms with Gasteiger partial charge in [-0.2, -0.15) is 5.10 Å². The van der Waals surface area contributed by atoms with E-state index in [1.807, 2.05) is 12.1 Å². The Kier molecular flexibility index (Phi) is 3.15. The molecule has 0 atom stereocenters. The summed E-state index contributed by atoms with van der Waals surface area (Å²) in [6.45, 7) is 0. The van der Waals surface area contributed by atoms with Crippen molar-refractivity contribution in [2.75, 3.05) is 5.32 Å². The first-order chi connectivity index (χ1) is 9.86. The van der Waals surface area contributed by atoms with Crippen molar-refractivity contribution in [3.63, 3.8) is 0 Å². The van der Waals surface area contributed by atoms with Crippen molar-refractivity contribution in [3.05, 3.63) is 42.9 Å². The van der Waals surface area contributed by atoms with Crippen LogP contribution in [-0.4, -0.2) is 31.6 Å². The number of nitrogens with zero attached hydrogens (tertiary/aromatic N) is 4. The first-order valence-electron chi connectivity index (χ1n) is 5.86. The molecule has 3 aromatic rings. The van der Waals surface area contributed by atoms with E-state index >= 15 is 0 Å². The molecule has 98 valence electrons. The number of carbonyl (C=O) groups excluding carboxylic acids is 1. The monoisotopic (exact) mass is 266 g/mol. The Morgan fingerprint density at radius 1 is 1.10 bits per heavy atom. The molecule has 3 rings (SSSR count). The second-order valence-electron chi connectivity index (χ2n) is 3.94. The predicted octanol–water partition coefficient (Wildman–Crippen LogP) is 1.50. The number of anilines is 1. The number of hydrogen-bond donors (Lipinski definition) is 2. The van der Waals surface area contributed by atoms with Gasteiger partial charge in [0.05, 0.1) is 0 Å². The van der Waals surface area contributed by atoms with Crippen molar-refractivity contribution in [3.8, 4) is 22.8 Å². The average Bonchev–Trinajstić information content (AvgIpc) is 2.99. The Hall–Kier alpha value is -3.09. The summed E-state index contributed by atoms with van der Waals surface area (Å²) in [5, 5.41) is 9.53. The van der Waals surface area contributed by atoms with Crippen LogP contribution in [0.2, 0.25) is 0 Å². The molecule has 0 unspecified atom stereocenters. The molecule has 2 N–H and O–H groups in total. The largest absolute Gasteiger partial charge is 0.313 e. The smallest absolute Gasteiger partial charge is 0.212 e. The fourth-order valence-corrected chi connectivity index (χ4v) is 1.74. The molecule has 0 radical (unpaired) electrons. The number of rotatable bonds is 4. The van der Waals surface area contributed by atoms with Gasteiger partial charge in [0, 0.05) is 29.7 Å². The summed E-state index contributed by atoms with van der Waals surface area (Å²) in [4.78, 5) is 22.8. The van der Waals surface area contributed by atoms with Crippen LogP contribution in [0, 0.1) is 0 Å². The third-order valence-electron chi connectivity index (χ3n) is 2.66. The van der Waals surface area contributed by atoms with Gasteiger partial charge in [-0.1, -0.05) is 0 Å². The van der Waals surface area contributed by atoms with Crippen LogP contribution in [0.3, 0.4) is 0 Å². The Balaban J connectivity index is 1.94. The molecular formula is C13H10N6O. The van der Waals surface area contributed by atoms with Gasteiger partial charge in [-0.25, -0.2) is 9.97 Å². The summed E-state index contributed by atoms with van der Waals surface area (Å²) in [6.07, 6.45) is 5.54. The van der Waals surface area contributed by atoms with E-state index in [0.29, 0.717) is 23.9 Å². The van der Waals surface area contributed by atoms with Gasteiger partial charge in [0.2, 0.25) is 6.41 Å². The van der Waals surface area contributed by atoms with Gasteiger partial charge in [0.25, 0.3) is 0 Å². The number of aromatic nitrogens is 5. The zero-order chi connectivity index (χ0) is 13.8. The van der Waals surface area contributed by atoms with E-state index < -0.39 is 0 Å². The third-order valence-corrected chi connectivity index (χ3v) is 2.66. The minimum Gasteiger partial charge on any atom is -0.313 e. The molecule has 0 aromatic carbocycles. The topological polar surface area (TPSA) is 96.5 Å². The van der Waals surface area contributed by atoms with E-state index in [2.05, 4.69) is 30.5 Å². The van der Waals surface area contributed by atoms with Crippen LogP contribution in [-0.2, 0) is 4.79 Å². The maximum Gasteiger partial charge on any atom is 0.212 e. The van der Waals surface area contributed by atoms with E-state index in [-0.39, 0.29) is 0 Å². The average molecular weight is 266 g/mol. The number of carbonyl (C=O) groups is 1. The van der Waals surface area contributed by atoms with Gasteiger partial charge in [-0.3, -0.25) is 14.9 Å². The maximum absolute atomic E-state index is 10.4. The van der Waals surface area contributed by atoms with Gasteiger partial charge in [0.1, 0.15) is 5.82 Å². The normalized spacial score (nSPS) is 10.2. The molecule has 3 aromatic heterocycles. The molecule has 0 aliphatic rings. The molecule has 20 heavy (non-hydrogen) atoms. The molecule has 0 saturated carbocycles. The Labute approximate surface area is 114 Å². The van der Waals surface area contributed by atoms with Crippen molar-refractivity contribution in [1.29, 1.82) is 0 Å². The highest BCUT2D eigenvalue weighted by Gasteiger charge is 2.08. The SMILES string of the molecule is O=CNc1cc(-c2n[nH]c(-c3ccncc3)n2)ccn1. The summed E-state index contributed by atoms with van der Waals surface area (Å²) in [7, 11) is 0. The quantitative estimate of drug-likeness (QED) is 0.697. The highest BCUT2D eigenvalue weighted by atomic mass is 16.1. The van der Waals surface area contributed by atoms with E-state index in [4.69, 9.17) is 0 Å². The summed E-state index contributed by atoms with van der Waals surface area (Å²) in [6, 6.07) is 7.16. The van der Waals surface area contributed by atoms with Gasteiger partial charge < -0.3 is 5.32 Å². The fraction of sp³-hybridized carbons (Fsp3) is 0. The molecule has 0 aliphatic heterocycles. The van der Waals surface area contributed by atoms with Gasteiger partial charge in [0.15, 0.2) is 11.6 Å². The zero-order valence-corrected chi connectivity index (χ0v) is 10.3. The Bertz CT molecular complexity index is 724.